The lowest BCUT2D eigenvalue weighted by atomic mass is 9.79. The summed E-state index contributed by atoms with van der Waals surface area (Å²) in [4.78, 5) is 17.4. The van der Waals surface area contributed by atoms with E-state index in [4.69, 9.17) is 9.47 Å². The van der Waals surface area contributed by atoms with Gasteiger partial charge in [-0.25, -0.2) is 0 Å². The molecule has 0 aromatic rings. The Morgan fingerprint density at radius 3 is 2.83 bits per heavy atom. The van der Waals surface area contributed by atoms with E-state index in [1.165, 1.54) is 32.1 Å². The highest BCUT2D eigenvalue weighted by atomic mass is 16.5. The van der Waals surface area contributed by atoms with Crippen LogP contribution in [0.25, 0.3) is 0 Å². The highest BCUT2D eigenvalue weighted by Gasteiger charge is 2.40. The maximum Gasteiger partial charge on any atom is 0.222 e. The molecular formula is C19H34N2O3. The molecule has 5 heteroatoms. The second-order valence-electron chi connectivity index (χ2n) is 8.09. The minimum absolute atomic E-state index is 0.119. The van der Waals surface area contributed by atoms with E-state index in [9.17, 15) is 4.79 Å². The number of piperidine rings is 1. The van der Waals surface area contributed by atoms with Crippen LogP contribution in [0.2, 0.25) is 0 Å². The number of rotatable bonds is 5. The Kier molecular flexibility index (Phi) is 6.53. The number of likely N-dealkylation sites (tertiary alicyclic amines) is 1. The van der Waals surface area contributed by atoms with Gasteiger partial charge in [-0.15, -0.1) is 0 Å². The molecule has 1 aliphatic carbocycles. The summed E-state index contributed by atoms with van der Waals surface area (Å²) in [7, 11) is 1.76. The Bertz CT molecular complexity index is 411. The predicted molar refractivity (Wildman–Crippen MR) is 94.0 cm³/mol. The van der Waals surface area contributed by atoms with Crippen molar-refractivity contribution in [2.24, 2.45) is 11.3 Å². The van der Waals surface area contributed by atoms with Gasteiger partial charge < -0.3 is 14.4 Å². The largest absolute Gasteiger partial charge is 0.383 e. The quantitative estimate of drug-likeness (QED) is 0.770. The average molecular weight is 338 g/mol. The Balaban J connectivity index is 1.58. The number of carbonyl (C=O) groups excluding carboxylic acids is 1. The molecule has 2 aliphatic heterocycles. The van der Waals surface area contributed by atoms with E-state index in [0.717, 1.165) is 65.4 Å². The van der Waals surface area contributed by atoms with Crippen LogP contribution in [0.15, 0.2) is 0 Å². The van der Waals surface area contributed by atoms with Crippen LogP contribution >= 0.6 is 0 Å². The SMILES string of the molecule is COCCN1CCOCC2(CCCN(C(=O)CC3CCCC3)C2)C1. The van der Waals surface area contributed by atoms with Crippen molar-refractivity contribution in [3.63, 3.8) is 0 Å². The molecule has 138 valence electrons. The molecule has 0 bridgehead atoms. The zero-order valence-electron chi connectivity index (χ0n) is 15.3. The lowest BCUT2D eigenvalue weighted by molar-refractivity contribution is -0.137. The van der Waals surface area contributed by atoms with Gasteiger partial charge in [0.1, 0.15) is 0 Å². The molecule has 3 aliphatic rings. The molecule has 2 saturated heterocycles. The van der Waals surface area contributed by atoms with E-state index in [0.29, 0.717) is 11.8 Å². The van der Waals surface area contributed by atoms with Gasteiger partial charge in [0, 0.05) is 51.7 Å². The minimum atomic E-state index is 0.119. The lowest BCUT2D eigenvalue weighted by Gasteiger charge is -2.44. The van der Waals surface area contributed by atoms with Crippen molar-refractivity contribution < 1.29 is 14.3 Å². The van der Waals surface area contributed by atoms with Gasteiger partial charge in [0.05, 0.1) is 19.8 Å². The number of methoxy groups -OCH3 is 1. The molecule has 2 heterocycles. The first kappa shape index (κ1) is 18.2. The summed E-state index contributed by atoms with van der Waals surface area (Å²) in [6, 6.07) is 0. The molecule has 24 heavy (non-hydrogen) atoms. The third-order valence-electron chi connectivity index (χ3n) is 6.08. The van der Waals surface area contributed by atoms with Crippen molar-refractivity contribution in [1.82, 2.24) is 9.80 Å². The number of nitrogens with zero attached hydrogens (tertiary/aromatic N) is 2. The van der Waals surface area contributed by atoms with Crippen molar-refractivity contribution in [2.75, 3.05) is 59.7 Å². The van der Waals surface area contributed by atoms with Gasteiger partial charge in [-0.2, -0.15) is 0 Å². The summed E-state index contributed by atoms with van der Waals surface area (Å²) in [6.07, 6.45) is 8.16. The molecule has 1 amide bonds. The fraction of sp³-hybridized carbons (Fsp3) is 0.947. The number of carbonyl (C=O) groups is 1. The van der Waals surface area contributed by atoms with Gasteiger partial charge in [-0.1, -0.05) is 12.8 Å². The zero-order chi connectivity index (χ0) is 16.8. The molecule has 1 saturated carbocycles. The topological polar surface area (TPSA) is 42.0 Å². The van der Waals surface area contributed by atoms with Gasteiger partial charge in [0.2, 0.25) is 5.91 Å². The molecule has 5 nitrogen and oxygen atoms in total. The van der Waals surface area contributed by atoms with Gasteiger partial charge in [-0.3, -0.25) is 9.69 Å². The van der Waals surface area contributed by atoms with Crippen LogP contribution in [0, 0.1) is 11.3 Å². The Labute approximate surface area is 146 Å². The summed E-state index contributed by atoms with van der Waals surface area (Å²) in [5, 5.41) is 0. The first-order valence-electron chi connectivity index (χ1n) is 9.78. The number of amides is 1. The molecular weight excluding hydrogens is 304 g/mol. The van der Waals surface area contributed by atoms with Crippen molar-refractivity contribution in [3.8, 4) is 0 Å². The fourth-order valence-corrected chi connectivity index (χ4v) is 4.75. The van der Waals surface area contributed by atoms with E-state index < -0.39 is 0 Å². The van der Waals surface area contributed by atoms with Crippen LogP contribution in [0.5, 0.6) is 0 Å². The van der Waals surface area contributed by atoms with E-state index >= 15 is 0 Å². The first-order chi connectivity index (χ1) is 11.7. The monoisotopic (exact) mass is 338 g/mol. The molecule has 1 spiro atoms. The van der Waals surface area contributed by atoms with Crippen LogP contribution in [0.1, 0.15) is 44.9 Å². The number of hydrogen-bond acceptors (Lipinski definition) is 4. The van der Waals surface area contributed by atoms with Crippen LogP contribution < -0.4 is 0 Å². The molecule has 0 radical (unpaired) electrons. The normalized spacial score (nSPS) is 30.0. The van der Waals surface area contributed by atoms with Crippen LogP contribution in [0.3, 0.4) is 0 Å². The zero-order valence-corrected chi connectivity index (χ0v) is 15.3. The van der Waals surface area contributed by atoms with E-state index in [1.54, 1.807) is 7.11 Å². The molecule has 0 N–H and O–H groups in total. The van der Waals surface area contributed by atoms with Crippen LogP contribution in [-0.4, -0.2) is 75.4 Å². The van der Waals surface area contributed by atoms with Crippen molar-refractivity contribution in [3.05, 3.63) is 0 Å². The van der Waals surface area contributed by atoms with Crippen LogP contribution in [-0.2, 0) is 14.3 Å². The fourth-order valence-electron chi connectivity index (χ4n) is 4.75. The summed E-state index contributed by atoms with van der Waals surface area (Å²) in [5.74, 6) is 1.02. The average Bonchev–Trinajstić information content (AvgIpc) is 3.02. The lowest BCUT2D eigenvalue weighted by Crippen LogP contribution is -2.52. The van der Waals surface area contributed by atoms with Gasteiger partial charge in [0.25, 0.3) is 0 Å². The van der Waals surface area contributed by atoms with Gasteiger partial charge in [0.15, 0.2) is 0 Å². The molecule has 0 aromatic carbocycles. The van der Waals surface area contributed by atoms with Crippen molar-refractivity contribution in [2.45, 2.75) is 44.9 Å². The Hall–Kier alpha value is -0.650. The molecule has 3 fully saturated rings. The molecule has 1 atom stereocenters. The van der Waals surface area contributed by atoms with E-state index in [2.05, 4.69) is 9.80 Å². The second kappa shape index (κ2) is 8.63. The second-order valence-corrected chi connectivity index (χ2v) is 8.09. The third-order valence-corrected chi connectivity index (χ3v) is 6.08. The highest BCUT2D eigenvalue weighted by molar-refractivity contribution is 5.76. The Morgan fingerprint density at radius 2 is 2.04 bits per heavy atom. The van der Waals surface area contributed by atoms with Crippen molar-refractivity contribution >= 4 is 5.91 Å². The molecule has 1 unspecified atom stereocenters. The molecule has 3 rings (SSSR count). The molecule has 0 aromatic heterocycles. The maximum atomic E-state index is 12.8. The van der Waals surface area contributed by atoms with E-state index in [-0.39, 0.29) is 5.41 Å². The third kappa shape index (κ3) is 4.70. The number of ether oxygens (including phenoxy) is 2. The maximum absolute atomic E-state index is 12.8. The number of hydrogen-bond donors (Lipinski definition) is 0. The van der Waals surface area contributed by atoms with Crippen molar-refractivity contribution in [1.29, 1.82) is 0 Å². The summed E-state index contributed by atoms with van der Waals surface area (Å²) in [6.45, 7) is 7.13. The van der Waals surface area contributed by atoms with Crippen LogP contribution in [0.4, 0.5) is 0 Å². The summed E-state index contributed by atoms with van der Waals surface area (Å²) in [5.41, 5.74) is 0.119. The predicted octanol–water partition coefficient (Wildman–Crippen LogP) is 2.15. The van der Waals surface area contributed by atoms with E-state index in [1.807, 2.05) is 0 Å². The standard InChI is InChI=1S/C19H34N2O3/c1-23-11-9-20-10-12-24-16-19(14-20)7-4-8-21(15-19)18(22)13-17-5-2-3-6-17/h17H,2-16H2,1H3. The smallest absolute Gasteiger partial charge is 0.222 e. The first-order valence-corrected chi connectivity index (χ1v) is 9.78. The highest BCUT2D eigenvalue weighted by Crippen LogP contribution is 2.34. The summed E-state index contributed by atoms with van der Waals surface area (Å²) < 4.78 is 11.2. The summed E-state index contributed by atoms with van der Waals surface area (Å²) >= 11 is 0. The minimum Gasteiger partial charge on any atom is -0.383 e. The van der Waals surface area contributed by atoms with Gasteiger partial charge in [-0.05, 0) is 31.6 Å². The van der Waals surface area contributed by atoms with Gasteiger partial charge >= 0.3 is 0 Å². The Morgan fingerprint density at radius 1 is 1.21 bits per heavy atom.